The Morgan fingerprint density at radius 3 is 2.71 bits per heavy atom. The average molecular weight is 349 g/mol. The molecule has 3 rings (SSSR count). The summed E-state index contributed by atoms with van der Waals surface area (Å²) in [6.45, 7) is 3.18. The summed E-state index contributed by atoms with van der Waals surface area (Å²) < 4.78 is 46.8. The largest absolute Gasteiger partial charge is 0.494 e. The first-order valence-corrected chi connectivity index (χ1v) is 8.61. The number of benzene rings is 2. The molecule has 0 bridgehead atoms. The number of aromatic amines is 1. The number of halogens is 1. The van der Waals surface area contributed by atoms with Crippen LogP contribution in [0.25, 0.3) is 10.9 Å². The van der Waals surface area contributed by atoms with Crippen molar-refractivity contribution in [3.63, 3.8) is 0 Å². The van der Waals surface area contributed by atoms with Crippen molar-refractivity contribution in [2.45, 2.75) is 18.7 Å². The van der Waals surface area contributed by atoms with Crippen LogP contribution < -0.4 is 9.46 Å². The zero-order valence-electron chi connectivity index (χ0n) is 13.3. The molecule has 0 atom stereocenters. The van der Waals surface area contributed by atoms with E-state index in [-0.39, 0.29) is 16.2 Å². The number of ether oxygens (including phenoxy) is 1. The minimum absolute atomic E-state index is 0.00227. The van der Waals surface area contributed by atoms with Crippen LogP contribution in [0.2, 0.25) is 0 Å². The fourth-order valence-corrected chi connectivity index (χ4v) is 3.86. The summed E-state index contributed by atoms with van der Waals surface area (Å²) in [5.74, 6) is -0.690. The number of aryl methyl sites for hydroxylation is 1. The molecule has 0 radical (unpaired) electrons. The highest BCUT2D eigenvalue weighted by Gasteiger charge is 2.22. The zero-order chi connectivity index (χ0) is 17.5. The minimum Gasteiger partial charge on any atom is -0.494 e. The van der Waals surface area contributed by atoms with Gasteiger partial charge in [0, 0.05) is 10.9 Å². The summed E-state index contributed by atoms with van der Waals surface area (Å²) in [5.41, 5.74) is 1.95. The molecule has 6 nitrogen and oxygen atoms in total. The van der Waals surface area contributed by atoms with E-state index in [1.807, 2.05) is 0 Å². The van der Waals surface area contributed by atoms with Gasteiger partial charge in [0.1, 0.15) is 0 Å². The fraction of sp³-hybridized carbons (Fsp3) is 0.188. The summed E-state index contributed by atoms with van der Waals surface area (Å²) in [5, 5.41) is 7.51. The molecule has 2 N–H and O–H groups in total. The first kappa shape index (κ1) is 16.3. The second kappa shape index (κ2) is 5.79. The highest BCUT2D eigenvalue weighted by Crippen LogP contribution is 2.29. The second-order valence-electron chi connectivity index (χ2n) is 5.43. The molecule has 126 valence electrons. The number of anilines is 1. The van der Waals surface area contributed by atoms with E-state index < -0.39 is 15.8 Å². The van der Waals surface area contributed by atoms with Crippen molar-refractivity contribution in [2.75, 3.05) is 11.8 Å². The van der Waals surface area contributed by atoms with Gasteiger partial charge in [-0.25, -0.2) is 12.8 Å². The third kappa shape index (κ3) is 2.69. The Kier molecular flexibility index (Phi) is 3.92. The first-order valence-electron chi connectivity index (χ1n) is 7.13. The lowest BCUT2D eigenvalue weighted by Crippen LogP contribution is -2.16. The Morgan fingerprint density at radius 2 is 2.00 bits per heavy atom. The van der Waals surface area contributed by atoms with Crippen LogP contribution in [0.1, 0.15) is 11.1 Å². The highest BCUT2D eigenvalue weighted by atomic mass is 32.2. The normalized spacial score (nSPS) is 11.7. The molecule has 0 fully saturated rings. The standard InChI is InChI=1S/C16H16FN3O3S/c1-9-6-13-11(8-18-19-13)7-12(9)20-24(21,22)15-5-4-14(23-3)16(17)10(15)2/h4-8,20H,1-3H3,(H,18,19). The van der Waals surface area contributed by atoms with Gasteiger partial charge in [-0.05, 0) is 43.7 Å². The molecule has 1 heterocycles. The number of aromatic nitrogens is 2. The van der Waals surface area contributed by atoms with Crippen molar-refractivity contribution in [1.82, 2.24) is 10.2 Å². The molecule has 0 spiro atoms. The van der Waals surface area contributed by atoms with E-state index in [2.05, 4.69) is 14.9 Å². The SMILES string of the molecule is COc1ccc(S(=O)(=O)Nc2cc3cn[nH]c3cc2C)c(C)c1F. The summed E-state index contributed by atoms with van der Waals surface area (Å²) in [6, 6.07) is 6.09. The van der Waals surface area contributed by atoms with Crippen molar-refractivity contribution in [1.29, 1.82) is 0 Å². The van der Waals surface area contributed by atoms with Gasteiger partial charge in [-0.3, -0.25) is 9.82 Å². The topological polar surface area (TPSA) is 84.1 Å². The number of hydrogen-bond donors (Lipinski definition) is 2. The second-order valence-corrected chi connectivity index (χ2v) is 7.09. The van der Waals surface area contributed by atoms with E-state index in [1.165, 1.54) is 26.2 Å². The molecule has 0 saturated heterocycles. The van der Waals surface area contributed by atoms with Gasteiger partial charge in [-0.2, -0.15) is 5.10 Å². The van der Waals surface area contributed by atoms with Crippen LogP contribution in [0.4, 0.5) is 10.1 Å². The number of rotatable bonds is 4. The molecular weight excluding hydrogens is 333 g/mol. The van der Waals surface area contributed by atoms with Crippen LogP contribution in [0.3, 0.4) is 0 Å². The number of nitrogens with one attached hydrogen (secondary N) is 2. The molecule has 0 saturated carbocycles. The Morgan fingerprint density at radius 1 is 1.25 bits per heavy atom. The van der Waals surface area contributed by atoms with Gasteiger partial charge in [-0.15, -0.1) is 0 Å². The molecule has 0 amide bonds. The minimum atomic E-state index is -3.94. The Labute approximate surface area is 138 Å². The van der Waals surface area contributed by atoms with Crippen LogP contribution in [-0.4, -0.2) is 25.7 Å². The van der Waals surface area contributed by atoms with Crippen LogP contribution in [0, 0.1) is 19.7 Å². The maximum absolute atomic E-state index is 14.1. The number of hydrogen-bond acceptors (Lipinski definition) is 4. The van der Waals surface area contributed by atoms with E-state index in [4.69, 9.17) is 4.74 Å². The fourth-order valence-electron chi connectivity index (χ4n) is 2.50. The molecule has 24 heavy (non-hydrogen) atoms. The van der Waals surface area contributed by atoms with Crippen LogP contribution in [0.15, 0.2) is 35.4 Å². The van der Waals surface area contributed by atoms with Crippen LogP contribution >= 0.6 is 0 Å². The maximum atomic E-state index is 14.1. The van der Waals surface area contributed by atoms with Crippen molar-refractivity contribution >= 4 is 26.6 Å². The number of methoxy groups -OCH3 is 1. The lowest BCUT2D eigenvalue weighted by molar-refractivity contribution is 0.384. The number of H-pyrrole nitrogens is 1. The molecule has 0 unspecified atom stereocenters. The summed E-state index contributed by atoms with van der Waals surface area (Å²) in [7, 11) is -2.61. The number of nitrogens with zero attached hydrogens (tertiary/aromatic N) is 1. The van der Waals surface area contributed by atoms with Crippen molar-refractivity contribution in [2.24, 2.45) is 0 Å². The first-order chi connectivity index (χ1) is 11.3. The van der Waals surface area contributed by atoms with E-state index >= 15 is 0 Å². The average Bonchev–Trinajstić information content (AvgIpc) is 2.96. The summed E-state index contributed by atoms with van der Waals surface area (Å²) in [6.07, 6.45) is 1.60. The van der Waals surface area contributed by atoms with Gasteiger partial charge in [0.2, 0.25) is 0 Å². The monoisotopic (exact) mass is 349 g/mol. The number of fused-ring (bicyclic) bond motifs is 1. The van der Waals surface area contributed by atoms with Crippen LogP contribution in [0.5, 0.6) is 5.75 Å². The molecule has 1 aromatic heterocycles. The molecule has 8 heteroatoms. The van der Waals surface area contributed by atoms with Gasteiger partial charge in [0.15, 0.2) is 11.6 Å². The summed E-state index contributed by atoms with van der Waals surface area (Å²) in [4.78, 5) is -0.132. The Balaban J connectivity index is 2.04. The molecule has 0 aliphatic rings. The summed E-state index contributed by atoms with van der Waals surface area (Å²) >= 11 is 0. The van der Waals surface area contributed by atoms with Gasteiger partial charge in [0.25, 0.3) is 10.0 Å². The lowest BCUT2D eigenvalue weighted by atomic mass is 10.1. The third-order valence-electron chi connectivity index (χ3n) is 3.84. The molecular formula is C16H16FN3O3S. The zero-order valence-corrected chi connectivity index (χ0v) is 14.2. The molecule has 0 aliphatic heterocycles. The molecule has 0 aliphatic carbocycles. The van der Waals surface area contributed by atoms with Gasteiger partial charge < -0.3 is 4.74 Å². The predicted octanol–water partition coefficient (Wildman–Crippen LogP) is 3.13. The predicted molar refractivity (Wildman–Crippen MR) is 89.3 cm³/mol. The van der Waals surface area contributed by atoms with E-state index in [0.29, 0.717) is 5.69 Å². The van der Waals surface area contributed by atoms with Gasteiger partial charge >= 0.3 is 0 Å². The van der Waals surface area contributed by atoms with E-state index in [0.717, 1.165) is 16.5 Å². The lowest BCUT2D eigenvalue weighted by Gasteiger charge is -2.14. The van der Waals surface area contributed by atoms with Gasteiger partial charge in [-0.1, -0.05) is 0 Å². The smallest absolute Gasteiger partial charge is 0.262 e. The van der Waals surface area contributed by atoms with Crippen molar-refractivity contribution in [3.05, 3.63) is 47.4 Å². The molecule has 2 aromatic carbocycles. The van der Waals surface area contributed by atoms with Gasteiger partial charge in [0.05, 0.1) is 29.4 Å². The molecule has 3 aromatic rings. The Hall–Kier alpha value is -2.61. The van der Waals surface area contributed by atoms with E-state index in [9.17, 15) is 12.8 Å². The van der Waals surface area contributed by atoms with Crippen molar-refractivity contribution < 1.29 is 17.5 Å². The number of sulfonamides is 1. The quantitative estimate of drug-likeness (QED) is 0.758. The van der Waals surface area contributed by atoms with Crippen LogP contribution in [-0.2, 0) is 10.0 Å². The maximum Gasteiger partial charge on any atom is 0.262 e. The third-order valence-corrected chi connectivity index (χ3v) is 5.35. The van der Waals surface area contributed by atoms with Crippen molar-refractivity contribution in [3.8, 4) is 5.75 Å². The van der Waals surface area contributed by atoms with E-state index in [1.54, 1.807) is 25.3 Å². The Bertz CT molecular complexity index is 1030. The highest BCUT2D eigenvalue weighted by molar-refractivity contribution is 7.92.